The number of para-hydroxylation sites is 6. The number of rotatable bonds is 6. The highest BCUT2D eigenvalue weighted by atomic mass is 32.1. The Hall–Kier alpha value is -11.0. The van der Waals surface area contributed by atoms with Crippen molar-refractivity contribution >= 4 is 119 Å². The average Bonchev–Trinajstić information content (AvgIpc) is 1.53. The zero-order valence-corrected chi connectivity index (χ0v) is 42.3. The monoisotopic (exact) mass is 1070 g/mol. The molecule has 0 saturated heterocycles. The molecule has 81 heavy (non-hydrogen) atoms. The van der Waals surface area contributed by atoms with E-state index in [0.717, 1.165) is 40.5 Å². The predicted molar refractivity (Wildman–Crippen MR) is 337 cm³/mol. The summed E-state index contributed by atoms with van der Waals surface area (Å²) in [5.74, 6) is 0. The summed E-state index contributed by atoms with van der Waals surface area (Å²) in [6.45, 7) is 0. The molecule has 7 heteroatoms. The molecule has 0 aliphatic rings. The molecule has 0 amide bonds. The fraction of sp³-hybridized carbons (Fsp3) is 0. The largest absolute Gasteiger partial charge is 0.306 e. The molecule has 5 aromatic heterocycles. The summed E-state index contributed by atoms with van der Waals surface area (Å²) in [5, 5.41) is 25.3. The van der Waals surface area contributed by atoms with Crippen molar-refractivity contribution in [2.45, 2.75) is 0 Å². The van der Waals surface area contributed by atoms with Crippen LogP contribution in [0, 0.1) is 22.7 Å². The second-order valence-corrected chi connectivity index (χ2v) is 20.2. The van der Waals surface area contributed by atoms with Crippen LogP contribution in [0.3, 0.4) is 0 Å². The van der Waals surface area contributed by atoms with E-state index in [4.69, 9.17) is 5.48 Å². The molecule has 374 valence electrons. The second-order valence-electron chi connectivity index (χ2n) is 19.1. The molecule has 0 aliphatic heterocycles. The van der Waals surface area contributed by atoms with Crippen LogP contribution in [0.25, 0.3) is 152 Å². The van der Waals surface area contributed by atoms with Crippen LogP contribution in [-0.4, -0.2) is 18.3 Å². The van der Waals surface area contributed by atoms with Gasteiger partial charge in [0.25, 0.3) is 0 Å². The van der Waals surface area contributed by atoms with E-state index in [9.17, 15) is 37.9 Å². The molecule has 0 bridgehead atoms. The first-order chi connectivity index (χ1) is 50.1. The summed E-state index contributed by atoms with van der Waals surface area (Å²) in [6.07, 6.45) is 0. The summed E-state index contributed by atoms with van der Waals surface area (Å²) >= 11 is 1.30. The lowest BCUT2D eigenvalue weighted by molar-refractivity contribution is 1.03. The van der Waals surface area contributed by atoms with Gasteiger partial charge in [0.05, 0.1) is 104 Å². The highest BCUT2D eigenvalue weighted by Crippen LogP contribution is 2.51. The van der Waals surface area contributed by atoms with Crippen molar-refractivity contribution in [1.82, 2.24) is 18.3 Å². The van der Waals surface area contributed by atoms with E-state index < -0.39 is 244 Å². The zero-order valence-electron chi connectivity index (χ0n) is 65.5. The predicted octanol–water partition coefficient (Wildman–Crippen LogP) is 19.5. The third-order valence-electron chi connectivity index (χ3n) is 15.2. The normalized spacial score (nSPS) is 16.1. The van der Waals surface area contributed by atoms with Gasteiger partial charge in [-0.2, -0.15) is 10.5 Å². The lowest BCUT2D eigenvalue weighted by Crippen LogP contribution is -2.16. The number of aromatic nitrogens is 4. The summed E-state index contributed by atoms with van der Waals surface area (Å²) in [7, 11) is 0. The van der Waals surface area contributed by atoms with Gasteiger partial charge in [0.15, 0.2) is 0 Å². The number of nitrogens with zero attached hydrogens (tertiary/aromatic N) is 6. The summed E-state index contributed by atoms with van der Waals surface area (Å²) in [4.78, 5) is 0. The van der Waals surface area contributed by atoms with Gasteiger partial charge in [-0.25, -0.2) is 0 Å². The Morgan fingerprint density at radius 2 is 0.716 bits per heavy atom. The highest BCUT2D eigenvalue weighted by Gasteiger charge is 2.35. The van der Waals surface area contributed by atoms with E-state index in [0.29, 0.717) is 26.4 Å². The molecular weight excluding hydrogens is 1000 g/mol. The van der Waals surface area contributed by atoms with Crippen LogP contribution in [0.15, 0.2) is 254 Å². The second kappa shape index (κ2) is 17.3. The number of fused-ring (bicyclic) bond motifs is 16. The van der Waals surface area contributed by atoms with Gasteiger partial charge in [-0.05, 0) is 76.7 Å². The fourth-order valence-corrected chi connectivity index (χ4v) is 13.2. The molecule has 0 unspecified atom stereocenters. The van der Waals surface area contributed by atoms with Crippen LogP contribution in [0.5, 0.6) is 0 Å². The van der Waals surface area contributed by atoms with Gasteiger partial charge < -0.3 is 18.3 Å². The van der Waals surface area contributed by atoms with Crippen LogP contribution in [-0.2, 0) is 0 Å². The molecule has 5 heterocycles. The van der Waals surface area contributed by atoms with Gasteiger partial charge >= 0.3 is 0 Å². The van der Waals surface area contributed by atoms with Gasteiger partial charge in [0, 0.05) is 58.6 Å². The third-order valence-corrected chi connectivity index (χ3v) is 16.4. The first-order valence-electron chi connectivity index (χ1n) is 37.3. The summed E-state index contributed by atoms with van der Waals surface area (Å²) in [6, 6.07) is 16.3. The molecule has 12 aromatic carbocycles. The number of hydrogen-bond acceptors (Lipinski definition) is 3. The minimum atomic E-state index is -0.984. The molecule has 6 nitrogen and oxygen atoms in total. The molecule has 0 spiro atoms. The van der Waals surface area contributed by atoms with E-state index in [1.54, 1.807) is 16.7 Å². The third kappa shape index (κ3) is 6.24. The minimum Gasteiger partial charge on any atom is -0.306 e. The maximum absolute atomic E-state index is 13.3. The van der Waals surface area contributed by atoms with Gasteiger partial charge in [-0.1, -0.05) is 200 Å². The maximum atomic E-state index is 13.3. The molecule has 0 fully saturated rings. The van der Waals surface area contributed by atoms with E-state index >= 15 is 0 Å². The highest BCUT2D eigenvalue weighted by molar-refractivity contribution is 7.26. The first-order valence-corrected chi connectivity index (χ1v) is 26.1. The van der Waals surface area contributed by atoms with Crippen molar-refractivity contribution in [1.29, 1.82) is 10.5 Å². The molecular formula is C74H42N6S. The van der Waals surface area contributed by atoms with Crippen molar-refractivity contribution in [3.05, 3.63) is 265 Å². The molecule has 17 rings (SSSR count). The Morgan fingerprint density at radius 1 is 0.321 bits per heavy atom. The zero-order chi connectivity index (χ0) is 74.3. The topological polar surface area (TPSA) is 67.3 Å². The molecule has 0 saturated carbocycles. The number of thiophene rings is 1. The van der Waals surface area contributed by atoms with Crippen LogP contribution in [0.4, 0.5) is 0 Å². The van der Waals surface area contributed by atoms with Crippen molar-refractivity contribution in [3.63, 3.8) is 0 Å². The molecule has 0 radical (unpaired) electrons. The minimum absolute atomic E-state index is 0.187. The fourth-order valence-electron chi connectivity index (χ4n) is 12.0. The Bertz CT molecular complexity index is 6880. The standard InChI is InChI=1S/C74H42N6S/c75-43-59-69(77-61-31-13-6-24-49(61)50-25-7-14-32-62(50)77)70(78-63-33-15-8-26-51(63)52-27-9-16-34-64(52)78)60(44-76)72(71(59)79-65-35-17-10-28-53(65)54-29-11-18-36-66(54)79)80-67-41-38-46(48-23-5-4-22-47(48)45-20-2-1-3-21-45)42-58(67)56-39-40-57-55-30-12-19-37-68(55)81-74(57)73(56)80/h1-42H/i6D,7D,8D,9D,10D,11D,13D,14D,15D,16D,17D,18D,24D,25D,26D,27D,28D,29D,31D,32D,33D,34D,35D,36D. The molecule has 17 aromatic rings. The Morgan fingerprint density at radius 3 is 1.19 bits per heavy atom. The van der Waals surface area contributed by atoms with Crippen LogP contribution in [0.2, 0.25) is 0 Å². The number of nitriles is 2. The lowest BCUT2D eigenvalue weighted by Gasteiger charge is -2.27. The van der Waals surface area contributed by atoms with Crippen LogP contribution in [0.1, 0.15) is 44.0 Å². The van der Waals surface area contributed by atoms with Gasteiger partial charge in [-0.15, -0.1) is 11.3 Å². The first kappa shape index (κ1) is 27.6. The van der Waals surface area contributed by atoms with E-state index in [1.165, 1.54) is 11.3 Å². The van der Waals surface area contributed by atoms with Crippen molar-refractivity contribution in [3.8, 4) is 57.1 Å². The molecule has 0 atom stereocenters. The van der Waals surface area contributed by atoms with Crippen LogP contribution >= 0.6 is 11.3 Å². The summed E-state index contributed by atoms with van der Waals surface area (Å²) in [5.41, 5.74) is -5.28. The lowest BCUT2D eigenvalue weighted by atomic mass is 9.94. The van der Waals surface area contributed by atoms with E-state index in [2.05, 4.69) is 12.1 Å². The SMILES string of the molecule is [2H]c1c([2H])c([2H])c2c(c1[2H])c1c([2H])c([2H])c([2H])c([2H])c1n2-c1c(C#N)c(-n2c3c([2H])c([2H])c([2H])c([2H])c3c3c([2H])c([2H])c([2H])c([2H])c32)c(-n2c3ccc(-c4ccccc4-c4ccccc4)cc3c3ccc4c5ccccc5sc4c32)c(C#N)c1-n1c2c([2H])c([2H])c([2H])c([2H])c2c2c([2H])c([2H])c([2H])c([2H])c21. The molecule has 0 N–H and O–H groups in total. The van der Waals surface area contributed by atoms with Crippen molar-refractivity contribution in [2.75, 3.05) is 0 Å². The van der Waals surface area contributed by atoms with Gasteiger partial charge in [0.1, 0.15) is 23.3 Å². The Labute approximate surface area is 501 Å². The van der Waals surface area contributed by atoms with E-state index in [1.807, 2.05) is 97.1 Å². The number of hydrogen-bond donors (Lipinski definition) is 0. The van der Waals surface area contributed by atoms with Crippen LogP contribution < -0.4 is 0 Å². The smallest absolute Gasteiger partial charge is 0.104 e. The average molecular weight is 1070 g/mol. The quantitative estimate of drug-likeness (QED) is 0.166. The Balaban J connectivity index is 1.27. The van der Waals surface area contributed by atoms with Gasteiger partial charge in [-0.3, -0.25) is 0 Å². The van der Waals surface area contributed by atoms with Crippen molar-refractivity contribution < 1.29 is 32.9 Å². The Kier molecular flexibility index (Phi) is 5.88. The van der Waals surface area contributed by atoms with Gasteiger partial charge in [0.2, 0.25) is 0 Å². The number of benzene rings is 12. The molecule has 0 aliphatic carbocycles. The van der Waals surface area contributed by atoms with E-state index in [-0.39, 0.29) is 11.0 Å². The van der Waals surface area contributed by atoms with Crippen molar-refractivity contribution in [2.24, 2.45) is 0 Å². The maximum Gasteiger partial charge on any atom is 0.104 e. The summed E-state index contributed by atoms with van der Waals surface area (Å²) < 4.78 is 235.